The lowest BCUT2D eigenvalue weighted by molar-refractivity contribution is -0.895. The Bertz CT molecular complexity index is 935. The maximum atomic E-state index is 12.8. The van der Waals surface area contributed by atoms with Crippen LogP contribution in [-0.4, -0.2) is 54.3 Å². The third-order valence-corrected chi connectivity index (χ3v) is 5.04. The molecule has 1 amide bonds. The number of ketones is 1. The number of nitrogens with one attached hydrogen (secondary N) is 2. The van der Waals surface area contributed by atoms with Gasteiger partial charge in [0.25, 0.3) is 5.91 Å². The van der Waals surface area contributed by atoms with Gasteiger partial charge in [0.15, 0.2) is 5.76 Å². The van der Waals surface area contributed by atoms with Gasteiger partial charge in [0.05, 0.1) is 32.4 Å². The SMILES string of the molecule is Cc1ccc2[nH]cc(C(=O)C[NH+]3CCN(C(=O)c4ccco4)CC3)c2c1. The summed E-state index contributed by atoms with van der Waals surface area (Å²) in [6.07, 6.45) is 3.32. The largest absolute Gasteiger partial charge is 0.459 e. The van der Waals surface area contributed by atoms with E-state index in [1.807, 2.05) is 31.3 Å². The first kappa shape index (κ1) is 16.6. The molecule has 6 nitrogen and oxygen atoms in total. The van der Waals surface area contributed by atoms with E-state index in [2.05, 4.69) is 4.98 Å². The zero-order chi connectivity index (χ0) is 18.1. The predicted octanol–water partition coefficient (Wildman–Crippen LogP) is 1.29. The number of amides is 1. The molecule has 2 N–H and O–H groups in total. The molecule has 0 spiro atoms. The molecule has 6 heteroatoms. The number of benzene rings is 1. The normalized spacial score (nSPS) is 15.5. The molecule has 4 rings (SSSR count). The van der Waals surface area contributed by atoms with Gasteiger partial charge in [0, 0.05) is 22.7 Å². The fourth-order valence-corrected chi connectivity index (χ4v) is 3.55. The number of piperazine rings is 1. The summed E-state index contributed by atoms with van der Waals surface area (Å²) in [5.74, 6) is 0.439. The van der Waals surface area contributed by atoms with E-state index < -0.39 is 0 Å². The molecule has 1 aliphatic heterocycles. The van der Waals surface area contributed by atoms with Crippen molar-refractivity contribution < 1.29 is 18.9 Å². The maximum absolute atomic E-state index is 12.8. The van der Waals surface area contributed by atoms with E-state index in [0.29, 0.717) is 25.4 Å². The molecule has 0 bridgehead atoms. The first-order valence-corrected chi connectivity index (χ1v) is 8.89. The number of hydrogen-bond acceptors (Lipinski definition) is 3. The van der Waals surface area contributed by atoms with Gasteiger partial charge in [-0.3, -0.25) is 9.59 Å². The van der Waals surface area contributed by atoms with Gasteiger partial charge in [0.1, 0.15) is 6.54 Å². The number of nitrogens with zero attached hydrogens (tertiary/aromatic N) is 1. The lowest BCUT2D eigenvalue weighted by Crippen LogP contribution is -3.15. The van der Waals surface area contributed by atoms with Crippen LogP contribution < -0.4 is 4.90 Å². The smallest absolute Gasteiger partial charge is 0.289 e. The van der Waals surface area contributed by atoms with Gasteiger partial charge in [-0.25, -0.2) is 0 Å². The van der Waals surface area contributed by atoms with Crippen molar-refractivity contribution in [2.24, 2.45) is 0 Å². The van der Waals surface area contributed by atoms with Crippen molar-refractivity contribution in [1.29, 1.82) is 0 Å². The summed E-state index contributed by atoms with van der Waals surface area (Å²) >= 11 is 0. The Morgan fingerprint density at radius 3 is 2.77 bits per heavy atom. The molecular formula is C20H22N3O3+. The number of carbonyl (C=O) groups is 2. The van der Waals surface area contributed by atoms with Gasteiger partial charge in [-0.15, -0.1) is 0 Å². The Morgan fingerprint density at radius 2 is 2.04 bits per heavy atom. The van der Waals surface area contributed by atoms with Crippen LogP contribution in [0.5, 0.6) is 0 Å². The summed E-state index contributed by atoms with van der Waals surface area (Å²) in [5.41, 5.74) is 2.89. The Hall–Kier alpha value is -2.86. The van der Waals surface area contributed by atoms with Crippen LogP contribution in [0.15, 0.2) is 47.2 Å². The second kappa shape index (κ2) is 6.80. The fraction of sp³-hybridized carbons (Fsp3) is 0.300. The van der Waals surface area contributed by atoms with Crippen LogP contribution in [-0.2, 0) is 0 Å². The minimum Gasteiger partial charge on any atom is -0.459 e. The van der Waals surface area contributed by atoms with Crippen LogP contribution in [0.2, 0.25) is 0 Å². The number of hydrogen-bond donors (Lipinski definition) is 2. The van der Waals surface area contributed by atoms with Gasteiger partial charge in [-0.1, -0.05) is 11.6 Å². The molecule has 1 aromatic carbocycles. The van der Waals surface area contributed by atoms with Gasteiger partial charge in [0.2, 0.25) is 5.78 Å². The van der Waals surface area contributed by atoms with E-state index in [1.54, 1.807) is 17.0 Å². The van der Waals surface area contributed by atoms with Crippen molar-refractivity contribution in [3.8, 4) is 0 Å². The lowest BCUT2D eigenvalue weighted by Gasteiger charge is -2.31. The molecular weight excluding hydrogens is 330 g/mol. The standard InChI is InChI=1S/C20H21N3O3/c1-14-4-5-17-15(11-14)16(12-21-17)18(24)13-22-6-8-23(9-7-22)20(25)19-3-2-10-26-19/h2-5,10-12,21H,6-9,13H2,1H3/p+1. The number of furan rings is 1. The molecule has 3 aromatic rings. The van der Waals surface area contributed by atoms with Crippen LogP contribution >= 0.6 is 0 Å². The predicted molar refractivity (Wildman–Crippen MR) is 97.5 cm³/mol. The van der Waals surface area contributed by atoms with Crippen LogP contribution in [0.1, 0.15) is 26.5 Å². The lowest BCUT2D eigenvalue weighted by atomic mass is 10.1. The Morgan fingerprint density at radius 1 is 1.23 bits per heavy atom. The molecule has 2 aromatic heterocycles. The number of carbonyl (C=O) groups excluding carboxylic acids is 2. The Kier molecular flexibility index (Phi) is 4.34. The highest BCUT2D eigenvalue weighted by Crippen LogP contribution is 2.19. The van der Waals surface area contributed by atoms with Crippen molar-refractivity contribution in [2.45, 2.75) is 6.92 Å². The van der Waals surface area contributed by atoms with E-state index >= 15 is 0 Å². The zero-order valence-electron chi connectivity index (χ0n) is 14.7. The number of H-pyrrole nitrogens is 1. The van der Waals surface area contributed by atoms with Crippen LogP contribution in [0.25, 0.3) is 10.9 Å². The second-order valence-corrected chi connectivity index (χ2v) is 6.87. The summed E-state index contributed by atoms with van der Waals surface area (Å²) in [4.78, 5) is 31.3. The van der Waals surface area contributed by atoms with Gasteiger partial charge in [-0.05, 0) is 31.2 Å². The number of aryl methyl sites for hydroxylation is 1. The molecule has 0 radical (unpaired) electrons. The van der Waals surface area contributed by atoms with E-state index in [9.17, 15) is 9.59 Å². The van der Waals surface area contributed by atoms with E-state index in [-0.39, 0.29) is 11.7 Å². The van der Waals surface area contributed by atoms with E-state index in [1.165, 1.54) is 11.2 Å². The summed E-state index contributed by atoms with van der Waals surface area (Å²) in [7, 11) is 0. The molecule has 0 atom stereocenters. The molecule has 0 unspecified atom stereocenters. The van der Waals surface area contributed by atoms with Crippen molar-refractivity contribution in [3.63, 3.8) is 0 Å². The van der Waals surface area contributed by atoms with Crippen LogP contribution in [0.3, 0.4) is 0 Å². The molecule has 1 fully saturated rings. The summed E-state index contributed by atoms with van der Waals surface area (Å²) in [5, 5.41) is 0.987. The number of quaternary nitrogens is 1. The number of Topliss-reactive ketones (excluding diaryl/α,β-unsaturated/α-hetero) is 1. The van der Waals surface area contributed by atoms with Crippen molar-refractivity contribution in [1.82, 2.24) is 9.88 Å². The topological polar surface area (TPSA) is 70.8 Å². The molecule has 134 valence electrons. The van der Waals surface area contributed by atoms with Crippen molar-refractivity contribution in [2.75, 3.05) is 32.7 Å². The van der Waals surface area contributed by atoms with Crippen LogP contribution in [0.4, 0.5) is 0 Å². The van der Waals surface area contributed by atoms with Crippen molar-refractivity contribution >= 4 is 22.6 Å². The minimum atomic E-state index is -0.0764. The van der Waals surface area contributed by atoms with Crippen LogP contribution in [0, 0.1) is 6.92 Å². The number of rotatable bonds is 4. The maximum Gasteiger partial charge on any atom is 0.289 e. The highest BCUT2D eigenvalue weighted by atomic mass is 16.3. The van der Waals surface area contributed by atoms with Crippen molar-refractivity contribution in [3.05, 3.63) is 59.7 Å². The average Bonchev–Trinajstić information content (AvgIpc) is 3.31. The third kappa shape index (κ3) is 3.15. The highest BCUT2D eigenvalue weighted by Gasteiger charge is 2.27. The number of fused-ring (bicyclic) bond motifs is 1. The van der Waals surface area contributed by atoms with Gasteiger partial charge < -0.3 is 19.2 Å². The molecule has 0 aliphatic carbocycles. The first-order valence-electron chi connectivity index (χ1n) is 8.89. The number of aromatic amines is 1. The van der Waals surface area contributed by atoms with Gasteiger partial charge >= 0.3 is 0 Å². The first-order chi connectivity index (χ1) is 12.6. The summed E-state index contributed by atoms with van der Waals surface area (Å²) < 4.78 is 5.18. The van der Waals surface area contributed by atoms with Gasteiger partial charge in [-0.2, -0.15) is 0 Å². The summed E-state index contributed by atoms with van der Waals surface area (Å²) in [6.45, 7) is 5.27. The molecule has 26 heavy (non-hydrogen) atoms. The quantitative estimate of drug-likeness (QED) is 0.695. The molecule has 1 saturated heterocycles. The zero-order valence-corrected chi connectivity index (χ0v) is 14.7. The van der Waals surface area contributed by atoms with E-state index in [0.717, 1.165) is 35.1 Å². The monoisotopic (exact) mass is 352 g/mol. The average molecular weight is 352 g/mol. The highest BCUT2D eigenvalue weighted by molar-refractivity contribution is 6.08. The third-order valence-electron chi connectivity index (χ3n) is 5.04. The molecule has 1 aliphatic rings. The summed E-state index contributed by atoms with van der Waals surface area (Å²) in [6, 6.07) is 9.50. The molecule has 3 heterocycles. The Labute approximate surface area is 151 Å². The molecule has 0 saturated carbocycles. The Balaban J connectivity index is 1.39. The minimum absolute atomic E-state index is 0.0764. The fourth-order valence-electron chi connectivity index (χ4n) is 3.55. The van der Waals surface area contributed by atoms with E-state index in [4.69, 9.17) is 4.42 Å². The number of aromatic nitrogens is 1. The second-order valence-electron chi connectivity index (χ2n) is 6.87.